The van der Waals surface area contributed by atoms with Crippen LogP contribution in [0.25, 0.3) is 0 Å². The molecule has 0 spiro atoms. The fraction of sp³-hybridized carbons (Fsp3) is 0.917. The Morgan fingerprint density at radius 1 is 1.47 bits per heavy atom. The van der Waals surface area contributed by atoms with Gasteiger partial charge in [-0.15, -0.1) is 0 Å². The minimum atomic E-state index is 0.0715. The molecular weight excluding hydrogens is 188 g/mol. The minimum absolute atomic E-state index is 0.0715. The Hall–Kier alpha value is -0.570. The lowest BCUT2D eigenvalue weighted by Crippen LogP contribution is -2.43. The van der Waals surface area contributed by atoms with E-state index in [1.807, 2.05) is 4.90 Å². The lowest BCUT2D eigenvalue weighted by atomic mass is 9.91. The second-order valence-corrected chi connectivity index (χ2v) is 5.89. The van der Waals surface area contributed by atoms with Crippen LogP contribution in [-0.4, -0.2) is 29.9 Å². The SMILES string of the molecule is CC1CCN(C(=O)CC(C)(C)C)C1CN. The second-order valence-electron chi connectivity index (χ2n) is 5.89. The molecule has 0 saturated carbocycles. The average molecular weight is 212 g/mol. The standard InChI is InChI=1S/C12H24N2O/c1-9-5-6-14(10(9)8-13)11(15)7-12(2,3)4/h9-10H,5-8,13H2,1-4H3. The van der Waals surface area contributed by atoms with Crippen LogP contribution in [-0.2, 0) is 4.79 Å². The average Bonchev–Trinajstić information content (AvgIpc) is 2.43. The van der Waals surface area contributed by atoms with Crippen molar-refractivity contribution in [3.05, 3.63) is 0 Å². The Bertz CT molecular complexity index is 232. The van der Waals surface area contributed by atoms with Gasteiger partial charge < -0.3 is 10.6 Å². The van der Waals surface area contributed by atoms with Gasteiger partial charge in [0.2, 0.25) is 5.91 Å². The van der Waals surface area contributed by atoms with E-state index in [9.17, 15) is 4.79 Å². The summed E-state index contributed by atoms with van der Waals surface area (Å²) in [6.07, 6.45) is 1.72. The molecule has 1 fully saturated rings. The summed E-state index contributed by atoms with van der Waals surface area (Å²) >= 11 is 0. The summed E-state index contributed by atoms with van der Waals surface area (Å²) in [4.78, 5) is 14.0. The third-order valence-electron chi connectivity index (χ3n) is 3.13. The van der Waals surface area contributed by atoms with Crippen LogP contribution < -0.4 is 5.73 Å². The molecule has 1 saturated heterocycles. The van der Waals surface area contributed by atoms with Crippen LogP contribution >= 0.6 is 0 Å². The first-order chi connectivity index (χ1) is 6.85. The molecule has 0 radical (unpaired) electrons. The van der Waals surface area contributed by atoms with Gasteiger partial charge in [0.05, 0.1) is 0 Å². The molecule has 1 rings (SSSR count). The molecule has 1 amide bonds. The van der Waals surface area contributed by atoms with E-state index in [1.54, 1.807) is 0 Å². The van der Waals surface area contributed by atoms with E-state index in [1.165, 1.54) is 0 Å². The number of nitrogens with two attached hydrogens (primary N) is 1. The van der Waals surface area contributed by atoms with E-state index in [0.717, 1.165) is 13.0 Å². The van der Waals surface area contributed by atoms with Crippen molar-refractivity contribution >= 4 is 5.91 Å². The van der Waals surface area contributed by atoms with Crippen molar-refractivity contribution in [2.24, 2.45) is 17.1 Å². The lowest BCUT2D eigenvalue weighted by molar-refractivity contribution is -0.134. The highest BCUT2D eigenvalue weighted by Gasteiger charge is 2.34. The molecule has 0 aliphatic carbocycles. The van der Waals surface area contributed by atoms with Crippen LogP contribution in [0.5, 0.6) is 0 Å². The molecule has 2 atom stereocenters. The molecule has 1 heterocycles. The molecule has 0 aromatic rings. The van der Waals surface area contributed by atoms with Gasteiger partial charge in [0.1, 0.15) is 0 Å². The first kappa shape index (κ1) is 12.5. The van der Waals surface area contributed by atoms with Crippen LogP contribution in [0.2, 0.25) is 0 Å². The monoisotopic (exact) mass is 212 g/mol. The number of carbonyl (C=O) groups is 1. The van der Waals surface area contributed by atoms with Crippen molar-refractivity contribution < 1.29 is 4.79 Å². The molecule has 1 aliphatic rings. The Kier molecular flexibility index (Phi) is 3.77. The molecule has 1 aliphatic heterocycles. The number of amides is 1. The van der Waals surface area contributed by atoms with Crippen molar-refractivity contribution in [1.29, 1.82) is 0 Å². The summed E-state index contributed by atoms with van der Waals surface area (Å²) in [6, 6.07) is 0.264. The van der Waals surface area contributed by atoms with Crippen LogP contribution in [0.15, 0.2) is 0 Å². The summed E-state index contributed by atoms with van der Waals surface area (Å²) in [5.74, 6) is 0.821. The van der Waals surface area contributed by atoms with Gasteiger partial charge in [-0.2, -0.15) is 0 Å². The number of rotatable bonds is 2. The maximum Gasteiger partial charge on any atom is 0.223 e. The van der Waals surface area contributed by atoms with Gasteiger partial charge in [-0.25, -0.2) is 0 Å². The number of carbonyl (C=O) groups excluding carboxylic acids is 1. The Labute approximate surface area is 93.0 Å². The third kappa shape index (κ3) is 3.20. The van der Waals surface area contributed by atoms with E-state index in [2.05, 4.69) is 27.7 Å². The van der Waals surface area contributed by atoms with Crippen LogP contribution in [0.1, 0.15) is 40.5 Å². The smallest absolute Gasteiger partial charge is 0.223 e. The molecule has 2 N–H and O–H groups in total. The molecule has 0 bridgehead atoms. The Balaban J connectivity index is 2.60. The summed E-state index contributed by atoms with van der Waals surface area (Å²) in [7, 11) is 0. The quantitative estimate of drug-likeness (QED) is 0.756. The molecule has 3 heteroatoms. The second kappa shape index (κ2) is 4.52. The zero-order valence-electron chi connectivity index (χ0n) is 10.4. The van der Waals surface area contributed by atoms with Crippen LogP contribution in [0.3, 0.4) is 0 Å². The van der Waals surface area contributed by atoms with Gasteiger partial charge in [0.25, 0.3) is 0 Å². The molecule has 2 unspecified atom stereocenters. The number of hydrogen-bond acceptors (Lipinski definition) is 2. The number of likely N-dealkylation sites (tertiary alicyclic amines) is 1. The maximum atomic E-state index is 12.0. The maximum absolute atomic E-state index is 12.0. The Morgan fingerprint density at radius 2 is 2.07 bits per heavy atom. The minimum Gasteiger partial charge on any atom is -0.338 e. The normalized spacial score (nSPS) is 27.1. The highest BCUT2D eigenvalue weighted by atomic mass is 16.2. The van der Waals surface area contributed by atoms with Crippen molar-refractivity contribution in [3.63, 3.8) is 0 Å². The highest BCUT2D eigenvalue weighted by Crippen LogP contribution is 2.27. The third-order valence-corrected chi connectivity index (χ3v) is 3.13. The highest BCUT2D eigenvalue weighted by molar-refractivity contribution is 5.77. The van der Waals surface area contributed by atoms with Crippen molar-refractivity contribution in [3.8, 4) is 0 Å². The summed E-state index contributed by atoms with van der Waals surface area (Å²) in [5, 5.41) is 0. The van der Waals surface area contributed by atoms with Crippen molar-refractivity contribution in [2.45, 2.75) is 46.6 Å². The molecule has 3 nitrogen and oxygen atoms in total. The largest absolute Gasteiger partial charge is 0.338 e. The van der Waals surface area contributed by atoms with Gasteiger partial charge in [0, 0.05) is 25.6 Å². The first-order valence-corrected chi connectivity index (χ1v) is 5.84. The summed E-state index contributed by atoms with van der Waals surface area (Å²) in [6.45, 7) is 9.96. The van der Waals surface area contributed by atoms with Crippen LogP contribution in [0.4, 0.5) is 0 Å². The lowest BCUT2D eigenvalue weighted by Gasteiger charge is -2.28. The van der Waals surface area contributed by atoms with E-state index in [0.29, 0.717) is 18.9 Å². The fourth-order valence-electron chi connectivity index (χ4n) is 2.23. The molecule has 0 aromatic heterocycles. The summed E-state index contributed by atoms with van der Waals surface area (Å²) in [5.41, 5.74) is 5.79. The zero-order chi connectivity index (χ0) is 11.6. The topological polar surface area (TPSA) is 46.3 Å². The van der Waals surface area contributed by atoms with E-state index in [4.69, 9.17) is 5.73 Å². The van der Waals surface area contributed by atoms with Gasteiger partial charge in [-0.05, 0) is 17.8 Å². The van der Waals surface area contributed by atoms with Crippen LogP contribution in [0, 0.1) is 11.3 Å². The van der Waals surface area contributed by atoms with Gasteiger partial charge >= 0.3 is 0 Å². The first-order valence-electron chi connectivity index (χ1n) is 5.84. The molecule has 88 valence electrons. The predicted molar refractivity (Wildman–Crippen MR) is 62.4 cm³/mol. The van der Waals surface area contributed by atoms with E-state index < -0.39 is 0 Å². The number of nitrogens with zero attached hydrogens (tertiary/aromatic N) is 1. The predicted octanol–water partition coefficient (Wildman–Crippen LogP) is 1.62. The fourth-order valence-corrected chi connectivity index (χ4v) is 2.23. The van der Waals surface area contributed by atoms with Gasteiger partial charge in [-0.1, -0.05) is 27.7 Å². The zero-order valence-corrected chi connectivity index (χ0v) is 10.4. The molecule has 0 aromatic carbocycles. The van der Waals surface area contributed by atoms with Gasteiger partial charge in [0.15, 0.2) is 0 Å². The van der Waals surface area contributed by atoms with Crippen molar-refractivity contribution in [1.82, 2.24) is 4.90 Å². The number of hydrogen-bond donors (Lipinski definition) is 1. The van der Waals surface area contributed by atoms with Gasteiger partial charge in [-0.3, -0.25) is 4.79 Å². The van der Waals surface area contributed by atoms with Crippen molar-refractivity contribution in [2.75, 3.05) is 13.1 Å². The van der Waals surface area contributed by atoms with E-state index >= 15 is 0 Å². The summed E-state index contributed by atoms with van der Waals surface area (Å²) < 4.78 is 0. The van der Waals surface area contributed by atoms with E-state index in [-0.39, 0.29) is 17.4 Å². The molecular formula is C12H24N2O. The Morgan fingerprint density at radius 3 is 2.53 bits per heavy atom. The molecule has 15 heavy (non-hydrogen) atoms.